The molecule has 1 atom stereocenters. The fraction of sp³-hybridized carbons (Fsp3) is 0.615. The van der Waals surface area contributed by atoms with Crippen molar-refractivity contribution in [2.45, 2.75) is 19.6 Å². The Morgan fingerprint density at radius 2 is 2.42 bits per heavy atom. The molecule has 0 aliphatic carbocycles. The van der Waals surface area contributed by atoms with Crippen LogP contribution in [0.25, 0.3) is 0 Å². The van der Waals surface area contributed by atoms with Crippen molar-refractivity contribution in [1.82, 2.24) is 10.2 Å². The number of aryl methyl sites for hydroxylation is 1. The molecule has 6 nitrogen and oxygen atoms in total. The zero-order valence-corrected chi connectivity index (χ0v) is 11.3. The van der Waals surface area contributed by atoms with Gasteiger partial charge in [0.25, 0.3) is 0 Å². The second-order valence-electron chi connectivity index (χ2n) is 4.92. The highest BCUT2D eigenvalue weighted by molar-refractivity contribution is 5.86. The first-order valence-electron chi connectivity index (χ1n) is 6.39. The predicted octanol–water partition coefficient (Wildman–Crippen LogP) is 0.706. The van der Waals surface area contributed by atoms with Crippen LogP contribution >= 0.6 is 0 Å². The van der Waals surface area contributed by atoms with E-state index in [4.69, 9.17) is 14.3 Å². The van der Waals surface area contributed by atoms with E-state index >= 15 is 0 Å². The molecule has 1 unspecified atom stereocenters. The van der Waals surface area contributed by atoms with E-state index in [1.54, 1.807) is 13.0 Å². The molecule has 0 spiro atoms. The molecular weight excluding hydrogens is 248 g/mol. The second-order valence-corrected chi connectivity index (χ2v) is 4.92. The number of carboxylic acid groups (broad SMARTS) is 1. The Morgan fingerprint density at radius 3 is 3.05 bits per heavy atom. The molecule has 1 aromatic rings. The third kappa shape index (κ3) is 3.79. The summed E-state index contributed by atoms with van der Waals surface area (Å²) in [4.78, 5) is 13.1. The molecule has 0 amide bonds. The molecule has 2 rings (SSSR count). The van der Waals surface area contributed by atoms with E-state index in [0.29, 0.717) is 17.9 Å². The lowest BCUT2D eigenvalue weighted by molar-refractivity contribution is -0.0183. The van der Waals surface area contributed by atoms with Crippen LogP contribution in [0.15, 0.2) is 10.5 Å². The Kier molecular flexibility index (Phi) is 4.57. The quantitative estimate of drug-likeness (QED) is 0.819. The predicted molar refractivity (Wildman–Crippen MR) is 69.3 cm³/mol. The van der Waals surface area contributed by atoms with Crippen LogP contribution in [0.2, 0.25) is 0 Å². The first-order valence-corrected chi connectivity index (χ1v) is 6.39. The minimum atomic E-state index is -1.03. The monoisotopic (exact) mass is 268 g/mol. The topological polar surface area (TPSA) is 74.9 Å². The molecule has 0 saturated carbocycles. The average molecular weight is 268 g/mol. The van der Waals surface area contributed by atoms with Gasteiger partial charge in [0.05, 0.1) is 19.3 Å². The number of morpholine rings is 1. The Bertz CT molecular complexity index is 444. The molecule has 0 radical (unpaired) electrons. The van der Waals surface area contributed by atoms with Gasteiger partial charge in [-0.2, -0.15) is 0 Å². The van der Waals surface area contributed by atoms with Gasteiger partial charge in [0.1, 0.15) is 5.76 Å². The number of aromatic carboxylic acids is 1. The van der Waals surface area contributed by atoms with Crippen molar-refractivity contribution < 1.29 is 19.1 Å². The van der Waals surface area contributed by atoms with Crippen molar-refractivity contribution in [1.29, 1.82) is 0 Å². The van der Waals surface area contributed by atoms with E-state index in [0.717, 1.165) is 26.2 Å². The summed E-state index contributed by atoms with van der Waals surface area (Å²) in [6.07, 6.45) is 0.175. The maximum atomic E-state index is 10.9. The van der Waals surface area contributed by atoms with Crippen LogP contribution in [0.3, 0.4) is 0 Å². The lowest BCUT2D eigenvalue weighted by atomic mass is 10.2. The van der Waals surface area contributed by atoms with Crippen LogP contribution in [0.4, 0.5) is 0 Å². The maximum Gasteiger partial charge on any atom is 0.372 e. The number of nitrogens with zero attached hydrogens (tertiary/aromatic N) is 1. The van der Waals surface area contributed by atoms with Gasteiger partial charge in [0.2, 0.25) is 5.76 Å². The van der Waals surface area contributed by atoms with Crippen molar-refractivity contribution in [3.05, 3.63) is 23.2 Å². The second kappa shape index (κ2) is 6.18. The summed E-state index contributed by atoms with van der Waals surface area (Å²) in [5.74, 6) is -0.370. The fourth-order valence-electron chi connectivity index (χ4n) is 2.19. The Balaban J connectivity index is 1.79. The number of nitrogens with one attached hydrogen (secondary N) is 1. The minimum Gasteiger partial charge on any atom is -0.475 e. The van der Waals surface area contributed by atoms with E-state index in [1.807, 2.05) is 0 Å². The highest BCUT2D eigenvalue weighted by Gasteiger charge is 2.18. The van der Waals surface area contributed by atoms with Gasteiger partial charge in [-0.25, -0.2) is 4.79 Å². The number of carboxylic acids is 1. The summed E-state index contributed by atoms with van der Waals surface area (Å²) in [6, 6.07) is 1.75. The summed E-state index contributed by atoms with van der Waals surface area (Å²) >= 11 is 0. The molecule has 1 aliphatic rings. The summed E-state index contributed by atoms with van der Waals surface area (Å²) < 4.78 is 10.9. The molecule has 1 saturated heterocycles. The summed E-state index contributed by atoms with van der Waals surface area (Å²) in [6.45, 7) is 5.60. The number of ether oxygens (including phenoxy) is 1. The van der Waals surface area contributed by atoms with Crippen LogP contribution in [0.5, 0.6) is 0 Å². The Hall–Kier alpha value is -1.37. The van der Waals surface area contributed by atoms with Crippen LogP contribution in [0.1, 0.15) is 21.9 Å². The number of likely N-dealkylation sites (N-methyl/N-ethyl adjacent to an activating group) is 1. The fourth-order valence-corrected chi connectivity index (χ4v) is 2.19. The van der Waals surface area contributed by atoms with Crippen molar-refractivity contribution in [3.8, 4) is 0 Å². The van der Waals surface area contributed by atoms with Crippen LogP contribution < -0.4 is 5.32 Å². The molecule has 1 fully saturated rings. The van der Waals surface area contributed by atoms with E-state index in [1.165, 1.54) is 0 Å². The van der Waals surface area contributed by atoms with Gasteiger partial charge in [-0.1, -0.05) is 0 Å². The van der Waals surface area contributed by atoms with E-state index in [-0.39, 0.29) is 11.9 Å². The van der Waals surface area contributed by atoms with Gasteiger partial charge in [-0.15, -0.1) is 0 Å². The van der Waals surface area contributed by atoms with Gasteiger partial charge in [0, 0.05) is 25.2 Å². The Labute approximate surface area is 112 Å². The minimum absolute atomic E-state index is 0.0189. The standard InChI is InChI=1S/C13H20N2O4/c1-9-5-10(19-12(9)13(16)17)6-14-7-11-8-15(2)3-4-18-11/h5,11,14H,3-4,6-8H2,1-2H3,(H,16,17). The zero-order chi connectivity index (χ0) is 13.8. The van der Waals surface area contributed by atoms with E-state index in [2.05, 4.69) is 17.3 Å². The lowest BCUT2D eigenvalue weighted by Gasteiger charge is -2.30. The van der Waals surface area contributed by atoms with Crippen LogP contribution in [-0.2, 0) is 11.3 Å². The van der Waals surface area contributed by atoms with Gasteiger partial charge in [-0.05, 0) is 20.0 Å². The molecule has 0 bridgehead atoms. The van der Waals surface area contributed by atoms with Crippen molar-refractivity contribution in [3.63, 3.8) is 0 Å². The molecule has 106 valence electrons. The molecular formula is C13H20N2O4. The average Bonchev–Trinajstić information content (AvgIpc) is 2.71. The molecule has 0 aromatic carbocycles. The third-order valence-corrected chi connectivity index (χ3v) is 3.18. The largest absolute Gasteiger partial charge is 0.475 e. The summed E-state index contributed by atoms with van der Waals surface area (Å²) in [5, 5.41) is 12.1. The first-order chi connectivity index (χ1) is 9.06. The highest BCUT2D eigenvalue weighted by atomic mass is 16.5. The molecule has 1 aromatic heterocycles. The molecule has 2 N–H and O–H groups in total. The van der Waals surface area contributed by atoms with E-state index < -0.39 is 5.97 Å². The lowest BCUT2D eigenvalue weighted by Crippen LogP contribution is -2.44. The molecule has 6 heteroatoms. The van der Waals surface area contributed by atoms with Gasteiger partial charge in [-0.3, -0.25) is 0 Å². The number of furan rings is 1. The Morgan fingerprint density at radius 1 is 1.63 bits per heavy atom. The first kappa shape index (κ1) is 14.0. The van der Waals surface area contributed by atoms with Crippen LogP contribution in [0, 0.1) is 6.92 Å². The highest BCUT2D eigenvalue weighted by Crippen LogP contribution is 2.14. The number of hydrogen-bond donors (Lipinski definition) is 2. The van der Waals surface area contributed by atoms with Gasteiger partial charge < -0.3 is 24.5 Å². The van der Waals surface area contributed by atoms with Crippen molar-refractivity contribution in [2.24, 2.45) is 0 Å². The SMILES string of the molecule is Cc1cc(CNCC2CN(C)CCO2)oc1C(=O)O. The number of carbonyl (C=O) groups is 1. The third-order valence-electron chi connectivity index (χ3n) is 3.18. The van der Waals surface area contributed by atoms with Crippen molar-refractivity contribution >= 4 is 5.97 Å². The van der Waals surface area contributed by atoms with Gasteiger partial charge in [0.15, 0.2) is 0 Å². The smallest absolute Gasteiger partial charge is 0.372 e. The normalized spacial score (nSPS) is 20.6. The molecule has 19 heavy (non-hydrogen) atoms. The van der Waals surface area contributed by atoms with Crippen LogP contribution in [-0.4, -0.2) is 55.4 Å². The number of rotatable bonds is 5. The van der Waals surface area contributed by atoms with Crippen molar-refractivity contribution in [2.75, 3.05) is 33.3 Å². The maximum absolute atomic E-state index is 10.9. The summed E-state index contributed by atoms with van der Waals surface area (Å²) in [5.41, 5.74) is 0.651. The van der Waals surface area contributed by atoms with E-state index in [9.17, 15) is 4.79 Å². The number of hydrogen-bond acceptors (Lipinski definition) is 5. The summed E-state index contributed by atoms with van der Waals surface area (Å²) in [7, 11) is 2.07. The van der Waals surface area contributed by atoms with Gasteiger partial charge >= 0.3 is 5.97 Å². The molecule has 2 heterocycles. The zero-order valence-electron chi connectivity index (χ0n) is 11.3. The molecule has 1 aliphatic heterocycles.